The van der Waals surface area contributed by atoms with Crippen molar-refractivity contribution in [3.05, 3.63) is 70.8 Å². The van der Waals surface area contributed by atoms with E-state index in [0.29, 0.717) is 4.90 Å². The summed E-state index contributed by atoms with van der Waals surface area (Å²) in [4.78, 5) is 81.4. The monoisotopic (exact) mass is 522 g/mol. The van der Waals surface area contributed by atoms with Crippen molar-refractivity contribution in [1.29, 1.82) is 0 Å². The lowest BCUT2D eigenvalue weighted by Crippen LogP contribution is -2.70. The molecule has 0 spiro atoms. The molecule has 2 aromatic carbocycles. The summed E-state index contributed by atoms with van der Waals surface area (Å²) in [6.07, 6.45) is -2.92. The molecule has 11 heteroatoms. The fourth-order valence-electron chi connectivity index (χ4n) is 4.76. The molecule has 4 amide bonds. The van der Waals surface area contributed by atoms with Crippen LogP contribution < -0.4 is 0 Å². The molecule has 0 saturated heterocycles. The first kappa shape index (κ1) is 26.7. The van der Waals surface area contributed by atoms with Crippen LogP contribution in [-0.4, -0.2) is 76.5 Å². The molecular weight excluding hydrogens is 496 g/mol. The molecule has 2 aliphatic rings. The van der Waals surface area contributed by atoms with Gasteiger partial charge in [0.2, 0.25) is 0 Å². The van der Waals surface area contributed by atoms with Crippen LogP contribution in [0.4, 0.5) is 0 Å². The van der Waals surface area contributed by atoms with Crippen molar-refractivity contribution < 1.29 is 43.0 Å². The number of nitrogens with zero attached hydrogens (tertiary/aromatic N) is 2. The van der Waals surface area contributed by atoms with Gasteiger partial charge < -0.3 is 14.2 Å². The summed E-state index contributed by atoms with van der Waals surface area (Å²) in [5, 5.41) is 0. The van der Waals surface area contributed by atoms with Crippen molar-refractivity contribution in [3.8, 4) is 0 Å². The van der Waals surface area contributed by atoms with Gasteiger partial charge >= 0.3 is 11.9 Å². The highest BCUT2D eigenvalue weighted by Crippen LogP contribution is 2.36. The number of rotatable bonds is 9. The fourth-order valence-corrected chi connectivity index (χ4v) is 4.76. The Morgan fingerprint density at radius 3 is 1.45 bits per heavy atom. The van der Waals surface area contributed by atoms with E-state index in [0.717, 1.165) is 4.90 Å². The molecule has 0 saturated carbocycles. The van der Waals surface area contributed by atoms with E-state index >= 15 is 0 Å². The molecule has 2 heterocycles. The van der Waals surface area contributed by atoms with Crippen LogP contribution in [-0.2, 0) is 23.8 Å². The zero-order chi connectivity index (χ0) is 27.8. The lowest BCUT2D eigenvalue weighted by atomic mass is 9.90. The predicted molar refractivity (Wildman–Crippen MR) is 130 cm³/mol. The number of hydrogen-bond acceptors (Lipinski definition) is 9. The van der Waals surface area contributed by atoms with Crippen molar-refractivity contribution in [2.75, 3.05) is 13.2 Å². The molecular formula is C27H26N2O9. The number of imide groups is 2. The summed E-state index contributed by atoms with van der Waals surface area (Å²) in [5.74, 6) is -5.62. The summed E-state index contributed by atoms with van der Waals surface area (Å²) < 4.78 is 16.3. The third kappa shape index (κ3) is 3.86. The summed E-state index contributed by atoms with van der Waals surface area (Å²) >= 11 is 0. The Kier molecular flexibility index (Phi) is 7.14. The van der Waals surface area contributed by atoms with Gasteiger partial charge in [-0.3, -0.25) is 19.2 Å². The Bertz CT molecular complexity index is 1260. The average Bonchev–Trinajstić information content (AvgIpc) is 3.30. The third-order valence-corrected chi connectivity index (χ3v) is 6.50. The molecule has 198 valence electrons. The molecule has 2 atom stereocenters. The van der Waals surface area contributed by atoms with E-state index in [1.165, 1.54) is 64.1 Å². The Morgan fingerprint density at radius 1 is 0.711 bits per heavy atom. The molecule has 2 aromatic rings. The van der Waals surface area contributed by atoms with Gasteiger partial charge in [0.15, 0.2) is 0 Å². The Labute approximate surface area is 218 Å². The molecule has 0 radical (unpaired) electrons. The second-order valence-corrected chi connectivity index (χ2v) is 8.60. The first-order valence-electron chi connectivity index (χ1n) is 12.1. The van der Waals surface area contributed by atoms with E-state index in [9.17, 15) is 28.8 Å². The molecule has 2 unspecified atom stereocenters. The summed E-state index contributed by atoms with van der Waals surface area (Å²) in [6, 6.07) is 12.1. The minimum atomic E-state index is -2.72. The van der Waals surface area contributed by atoms with Crippen LogP contribution in [0.15, 0.2) is 48.5 Å². The van der Waals surface area contributed by atoms with Crippen LogP contribution in [0.3, 0.4) is 0 Å². The second kappa shape index (κ2) is 10.2. The van der Waals surface area contributed by atoms with Crippen LogP contribution in [0.5, 0.6) is 0 Å². The van der Waals surface area contributed by atoms with Gasteiger partial charge in [-0.15, -0.1) is 0 Å². The molecule has 38 heavy (non-hydrogen) atoms. The minimum Gasteiger partial charge on any atom is -0.464 e. The van der Waals surface area contributed by atoms with Gasteiger partial charge in [-0.1, -0.05) is 24.3 Å². The largest absolute Gasteiger partial charge is 0.464 e. The Morgan fingerprint density at radius 2 is 1.08 bits per heavy atom. The van der Waals surface area contributed by atoms with Crippen LogP contribution in [0.25, 0.3) is 0 Å². The molecule has 0 aliphatic carbocycles. The van der Waals surface area contributed by atoms with E-state index in [-0.39, 0.29) is 35.5 Å². The number of ether oxygens (including phenoxy) is 3. The van der Waals surface area contributed by atoms with E-state index in [1.54, 1.807) is 12.1 Å². The zero-order valence-corrected chi connectivity index (χ0v) is 21.3. The van der Waals surface area contributed by atoms with Crippen LogP contribution >= 0.6 is 0 Å². The van der Waals surface area contributed by atoms with Gasteiger partial charge in [-0.25, -0.2) is 19.4 Å². The lowest BCUT2D eigenvalue weighted by Gasteiger charge is -2.41. The molecule has 2 aliphatic heterocycles. The molecule has 0 aromatic heterocycles. The van der Waals surface area contributed by atoms with Crippen molar-refractivity contribution in [2.24, 2.45) is 0 Å². The SMILES string of the molecule is CCOC(=O)C(C(=O)OCC)(C(C)OC(C)N1C(=O)c2ccccc2C1=O)N1C(=O)c2ccccc2C1=O. The normalized spacial score (nSPS) is 16.3. The van der Waals surface area contributed by atoms with Crippen LogP contribution in [0, 0.1) is 0 Å². The summed E-state index contributed by atoms with van der Waals surface area (Å²) in [6.45, 7) is 5.24. The number of amides is 4. The zero-order valence-electron chi connectivity index (χ0n) is 21.3. The molecule has 0 N–H and O–H groups in total. The minimum absolute atomic E-state index is 0.0175. The number of esters is 2. The van der Waals surface area contributed by atoms with Crippen molar-refractivity contribution >= 4 is 35.6 Å². The van der Waals surface area contributed by atoms with Gasteiger partial charge in [-0.05, 0) is 52.0 Å². The number of fused-ring (bicyclic) bond motifs is 2. The van der Waals surface area contributed by atoms with Crippen molar-refractivity contribution in [1.82, 2.24) is 9.80 Å². The smallest absolute Gasteiger partial charge is 0.347 e. The highest BCUT2D eigenvalue weighted by molar-refractivity contribution is 6.27. The summed E-state index contributed by atoms with van der Waals surface area (Å²) in [5.41, 5.74) is -2.41. The topological polar surface area (TPSA) is 137 Å². The van der Waals surface area contributed by atoms with Crippen LogP contribution in [0.2, 0.25) is 0 Å². The highest BCUT2D eigenvalue weighted by atomic mass is 16.6. The van der Waals surface area contributed by atoms with Gasteiger partial charge in [-0.2, -0.15) is 0 Å². The lowest BCUT2D eigenvalue weighted by molar-refractivity contribution is -0.187. The van der Waals surface area contributed by atoms with Gasteiger partial charge in [0.05, 0.1) is 35.5 Å². The molecule has 0 fully saturated rings. The standard InChI is InChI=1S/C27H26N2O9/c1-5-36-25(34)27(26(35)37-6-2,29-23(32)19-13-9-10-14-20(19)24(29)33)15(3)38-16(4)28-21(30)17-11-7-8-12-18(17)22(28)31/h7-16H,5-6H2,1-4H3. The fraction of sp³-hybridized carbons (Fsp3) is 0.333. The van der Waals surface area contributed by atoms with E-state index < -0.39 is 53.4 Å². The van der Waals surface area contributed by atoms with E-state index in [4.69, 9.17) is 14.2 Å². The number of benzene rings is 2. The predicted octanol–water partition coefficient (Wildman–Crippen LogP) is 2.19. The van der Waals surface area contributed by atoms with E-state index in [2.05, 4.69) is 0 Å². The molecule has 4 rings (SSSR count). The maximum Gasteiger partial charge on any atom is 0.347 e. The second-order valence-electron chi connectivity index (χ2n) is 8.60. The van der Waals surface area contributed by atoms with Gasteiger partial charge in [0, 0.05) is 0 Å². The van der Waals surface area contributed by atoms with Crippen molar-refractivity contribution in [3.63, 3.8) is 0 Å². The summed E-state index contributed by atoms with van der Waals surface area (Å²) in [7, 11) is 0. The number of hydrogen-bond donors (Lipinski definition) is 0. The maximum atomic E-state index is 13.6. The molecule has 11 nitrogen and oxygen atoms in total. The third-order valence-electron chi connectivity index (χ3n) is 6.50. The first-order chi connectivity index (χ1) is 18.1. The van der Waals surface area contributed by atoms with Gasteiger partial charge in [0.1, 0.15) is 12.3 Å². The Balaban J connectivity index is 1.78. The van der Waals surface area contributed by atoms with Gasteiger partial charge in [0.25, 0.3) is 29.2 Å². The maximum absolute atomic E-state index is 13.6. The number of carbonyl (C=O) groups excluding carboxylic acids is 6. The molecule has 0 bridgehead atoms. The Hall–Kier alpha value is -4.38. The van der Waals surface area contributed by atoms with E-state index in [1.807, 2.05) is 0 Å². The average molecular weight is 523 g/mol. The quantitative estimate of drug-likeness (QED) is 0.276. The van der Waals surface area contributed by atoms with Crippen molar-refractivity contribution in [2.45, 2.75) is 45.6 Å². The first-order valence-corrected chi connectivity index (χ1v) is 12.1. The van der Waals surface area contributed by atoms with Crippen LogP contribution in [0.1, 0.15) is 69.1 Å². The highest BCUT2D eigenvalue weighted by Gasteiger charge is 2.65. The number of carbonyl (C=O) groups is 6.